The molecule has 3 heterocycles. The molecule has 0 aliphatic carbocycles. The van der Waals surface area contributed by atoms with Crippen LogP contribution in [0.4, 0.5) is 5.13 Å². The number of nitriles is 1. The number of aryl methyl sites for hydroxylation is 4. The predicted molar refractivity (Wildman–Crippen MR) is 113 cm³/mol. The molecule has 0 bridgehead atoms. The number of rotatable bonds is 4. The number of nitrogens with one attached hydrogen (secondary N) is 1. The lowest BCUT2D eigenvalue weighted by Gasteiger charge is -2.10. The van der Waals surface area contributed by atoms with Crippen molar-refractivity contribution in [3.8, 4) is 6.07 Å². The minimum absolute atomic E-state index is 0.0866. The average molecular weight is 404 g/mol. The summed E-state index contributed by atoms with van der Waals surface area (Å²) in [6.07, 6.45) is 2.37. The summed E-state index contributed by atoms with van der Waals surface area (Å²) in [6, 6.07) is 6.22. The van der Waals surface area contributed by atoms with E-state index in [1.807, 2.05) is 33.8 Å². The number of carbonyl (C=O) groups is 1. The first kappa shape index (κ1) is 19.0. The van der Waals surface area contributed by atoms with E-state index in [1.165, 1.54) is 17.5 Å². The normalized spacial score (nSPS) is 11.1. The van der Waals surface area contributed by atoms with Crippen LogP contribution in [0.3, 0.4) is 0 Å². The Balaban J connectivity index is 1.52. The molecule has 29 heavy (non-hydrogen) atoms. The molecule has 1 amide bonds. The van der Waals surface area contributed by atoms with Crippen LogP contribution in [0.1, 0.15) is 40.1 Å². The second-order valence-electron chi connectivity index (χ2n) is 7.11. The highest BCUT2D eigenvalue weighted by molar-refractivity contribution is 7.22. The number of carbonyl (C=O) groups excluding carboxylic acids is 1. The van der Waals surface area contributed by atoms with E-state index in [0.717, 1.165) is 38.3 Å². The molecule has 146 valence electrons. The Morgan fingerprint density at radius 2 is 1.97 bits per heavy atom. The Hall–Kier alpha value is -3.31. The van der Waals surface area contributed by atoms with Gasteiger partial charge >= 0.3 is 0 Å². The van der Waals surface area contributed by atoms with Crippen LogP contribution in [0.15, 0.2) is 18.3 Å². The molecule has 3 aromatic heterocycles. The van der Waals surface area contributed by atoms with Crippen LogP contribution in [-0.2, 0) is 11.2 Å². The van der Waals surface area contributed by atoms with Gasteiger partial charge in [0.1, 0.15) is 11.6 Å². The lowest BCUT2D eigenvalue weighted by Crippen LogP contribution is -2.14. The maximum atomic E-state index is 12.5. The highest BCUT2D eigenvalue weighted by atomic mass is 32.1. The van der Waals surface area contributed by atoms with Gasteiger partial charge in [0.15, 0.2) is 10.8 Å². The molecule has 1 N–H and O–H groups in total. The Bertz CT molecular complexity index is 1270. The number of thiazole rings is 1. The number of hydrogen-bond acceptors (Lipinski definition) is 6. The molecule has 0 saturated carbocycles. The standard InChI is InChI=1S/C21H20N6OS/c1-11-5-6-12(2)19-18(11)26-21(29-19)25-17(28)8-7-16-13(3)24-20-15(9-22)10-23-27(20)14(16)4/h5-6,10H,7-8H2,1-4H3,(H,25,26,28). The van der Waals surface area contributed by atoms with Crippen LogP contribution in [-0.4, -0.2) is 25.5 Å². The van der Waals surface area contributed by atoms with E-state index in [-0.39, 0.29) is 5.91 Å². The summed E-state index contributed by atoms with van der Waals surface area (Å²) in [6.45, 7) is 7.90. The quantitative estimate of drug-likeness (QED) is 0.554. The van der Waals surface area contributed by atoms with Crippen molar-refractivity contribution in [1.29, 1.82) is 5.26 Å². The Morgan fingerprint density at radius 3 is 2.69 bits per heavy atom. The van der Waals surface area contributed by atoms with Crippen molar-refractivity contribution in [3.63, 3.8) is 0 Å². The Kier molecular flexibility index (Phi) is 4.76. The first-order chi connectivity index (χ1) is 13.9. The topological polar surface area (TPSA) is 96.0 Å². The van der Waals surface area contributed by atoms with Crippen LogP contribution in [0.2, 0.25) is 0 Å². The summed E-state index contributed by atoms with van der Waals surface area (Å²) in [5, 5.41) is 17.0. The molecule has 8 heteroatoms. The molecule has 0 aliphatic heterocycles. The fraction of sp³-hybridized carbons (Fsp3) is 0.286. The Morgan fingerprint density at radius 1 is 1.21 bits per heavy atom. The van der Waals surface area contributed by atoms with Crippen LogP contribution in [0.5, 0.6) is 0 Å². The summed E-state index contributed by atoms with van der Waals surface area (Å²) in [5.41, 5.74) is 6.88. The van der Waals surface area contributed by atoms with Gasteiger partial charge in [0.05, 0.1) is 16.4 Å². The van der Waals surface area contributed by atoms with Crippen molar-refractivity contribution in [2.45, 2.75) is 40.5 Å². The van der Waals surface area contributed by atoms with Crippen molar-refractivity contribution in [2.24, 2.45) is 0 Å². The SMILES string of the molecule is Cc1nc2c(C#N)cnn2c(C)c1CCC(=O)Nc1nc2c(C)ccc(C)c2s1. The molecule has 0 unspecified atom stereocenters. The predicted octanol–water partition coefficient (Wildman–Crippen LogP) is 4.02. The smallest absolute Gasteiger partial charge is 0.226 e. The maximum absolute atomic E-state index is 12.5. The highest BCUT2D eigenvalue weighted by Crippen LogP contribution is 2.31. The third kappa shape index (κ3) is 3.34. The zero-order chi connectivity index (χ0) is 20.7. The van der Waals surface area contributed by atoms with Crippen molar-refractivity contribution in [2.75, 3.05) is 5.32 Å². The van der Waals surface area contributed by atoms with Gasteiger partial charge in [-0.2, -0.15) is 10.4 Å². The van der Waals surface area contributed by atoms with E-state index in [9.17, 15) is 10.1 Å². The fourth-order valence-electron chi connectivity index (χ4n) is 3.48. The number of aromatic nitrogens is 4. The van der Waals surface area contributed by atoms with Gasteiger partial charge in [-0.25, -0.2) is 14.5 Å². The molecule has 4 rings (SSSR count). The molecule has 0 aliphatic rings. The Labute approximate surface area is 172 Å². The van der Waals surface area contributed by atoms with Crippen LogP contribution < -0.4 is 5.32 Å². The van der Waals surface area contributed by atoms with Gasteiger partial charge < -0.3 is 5.32 Å². The minimum atomic E-state index is -0.0866. The molecule has 4 aromatic rings. The summed E-state index contributed by atoms with van der Waals surface area (Å²) >= 11 is 1.50. The molecule has 7 nitrogen and oxygen atoms in total. The first-order valence-electron chi connectivity index (χ1n) is 9.29. The first-order valence-corrected chi connectivity index (χ1v) is 10.1. The third-order valence-corrected chi connectivity index (χ3v) is 6.23. The zero-order valence-electron chi connectivity index (χ0n) is 16.7. The van der Waals surface area contributed by atoms with Crippen LogP contribution in [0, 0.1) is 39.0 Å². The van der Waals surface area contributed by atoms with Gasteiger partial charge in [0.2, 0.25) is 5.91 Å². The van der Waals surface area contributed by atoms with Crippen molar-refractivity contribution in [3.05, 3.63) is 52.0 Å². The van der Waals surface area contributed by atoms with Gasteiger partial charge in [-0.1, -0.05) is 23.5 Å². The van der Waals surface area contributed by atoms with E-state index in [1.54, 1.807) is 4.52 Å². The highest BCUT2D eigenvalue weighted by Gasteiger charge is 2.16. The van der Waals surface area contributed by atoms with E-state index in [0.29, 0.717) is 29.2 Å². The lowest BCUT2D eigenvalue weighted by atomic mass is 10.1. The summed E-state index contributed by atoms with van der Waals surface area (Å²) < 4.78 is 2.77. The number of benzene rings is 1. The van der Waals surface area contributed by atoms with E-state index in [4.69, 9.17) is 0 Å². The average Bonchev–Trinajstić information content (AvgIpc) is 3.29. The number of anilines is 1. The van der Waals surface area contributed by atoms with E-state index >= 15 is 0 Å². The second kappa shape index (κ2) is 7.26. The van der Waals surface area contributed by atoms with Gasteiger partial charge in [-0.15, -0.1) is 0 Å². The molecule has 1 aromatic carbocycles. The number of hydrogen-bond donors (Lipinski definition) is 1. The van der Waals surface area contributed by atoms with Crippen molar-refractivity contribution < 1.29 is 4.79 Å². The molecule has 0 saturated heterocycles. The molecule has 0 spiro atoms. The number of nitrogens with zero attached hydrogens (tertiary/aromatic N) is 5. The van der Waals surface area contributed by atoms with E-state index in [2.05, 4.69) is 32.5 Å². The van der Waals surface area contributed by atoms with Crippen molar-refractivity contribution >= 4 is 38.2 Å². The van der Waals surface area contributed by atoms with Gasteiger partial charge in [0, 0.05) is 17.8 Å². The molecular weight excluding hydrogens is 384 g/mol. The molecule has 0 fully saturated rings. The number of amides is 1. The maximum Gasteiger partial charge on any atom is 0.226 e. The van der Waals surface area contributed by atoms with Gasteiger partial charge in [-0.3, -0.25) is 4.79 Å². The molecular formula is C21H20N6OS. The third-order valence-electron chi connectivity index (χ3n) is 5.12. The zero-order valence-corrected chi connectivity index (χ0v) is 17.5. The van der Waals surface area contributed by atoms with Crippen LogP contribution in [0.25, 0.3) is 15.9 Å². The van der Waals surface area contributed by atoms with Crippen LogP contribution >= 0.6 is 11.3 Å². The largest absolute Gasteiger partial charge is 0.302 e. The summed E-state index contributed by atoms with van der Waals surface area (Å²) in [4.78, 5) is 21.6. The van der Waals surface area contributed by atoms with Crippen molar-refractivity contribution in [1.82, 2.24) is 19.6 Å². The summed E-state index contributed by atoms with van der Waals surface area (Å²) in [7, 11) is 0. The van der Waals surface area contributed by atoms with E-state index < -0.39 is 0 Å². The number of fused-ring (bicyclic) bond motifs is 2. The van der Waals surface area contributed by atoms with Gasteiger partial charge in [-0.05, 0) is 50.8 Å². The van der Waals surface area contributed by atoms with Gasteiger partial charge in [0.25, 0.3) is 0 Å². The fourth-order valence-corrected chi connectivity index (χ4v) is 4.51. The lowest BCUT2D eigenvalue weighted by molar-refractivity contribution is -0.116. The molecule has 0 radical (unpaired) electrons. The minimum Gasteiger partial charge on any atom is -0.302 e. The monoisotopic (exact) mass is 404 g/mol. The second-order valence-corrected chi connectivity index (χ2v) is 8.11. The molecule has 0 atom stereocenters. The summed E-state index contributed by atoms with van der Waals surface area (Å²) in [5.74, 6) is -0.0866.